The van der Waals surface area contributed by atoms with Crippen molar-refractivity contribution >= 4 is 28.9 Å². The fraction of sp³-hybridized carbons (Fsp3) is 0.350. The van der Waals surface area contributed by atoms with Crippen molar-refractivity contribution in [1.82, 2.24) is 4.90 Å². The molecule has 2 atom stereocenters. The van der Waals surface area contributed by atoms with Crippen LogP contribution in [0.25, 0.3) is 0 Å². The molecule has 3 rings (SSSR count). The Morgan fingerprint density at radius 2 is 1.93 bits per heavy atom. The molecule has 1 saturated heterocycles. The molecule has 0 bridgehead atoms. The SMILES string of the molecule is CC1CN(C(=O)c2ccc(NCc3ccccc3Cl)c([N+](=O)[O-])c2)CC(C)O1. The van der Waals surface area contributed by atoms with E-state index >= 15 is 0 Å². The van der Waals surface area contributed by atoms with Crippen molar-refractivity contribution in [3.05, 3.63) is 68.7 Å². The normalized spacial score (nSPS) is 19.3. The van der Waals surface area contributed by atoms with Crippen molar-refractivity contribution in [2.45, 2.75) is 32.6 Å². The van der Waals surface area contributed by atoms with Gasteiger partial charge in [0.2, 0.25) is 0 Å². The summed E-state index contributed by atoms with van der Waals surface area (Å²) in [6.07, 6.45) is -0.140. The molecule has 0 aliphatic carbocycles. The summed E-state index contributed by atoms with van der Waals surface area (Å²) in [5.41, 5.74) is 1.31. The van der Waals surface area contributed by atoms with E-state index in [1.54, 1.807) is 23.1 Å². The van der Waals surface area contributed by atoms with Crippen LogP contribution in [0, 0.1) is 10.1 Å². The van der Waals surface area contributed by atoms with Crippen LogP contribution in [0.1, 0.15) is 29.8 Å². The van der Waals surface area contributed by atoms with E-state index in [0.717, 1.165) is 5.56 Å². The molecule has 1 heterocycles. The second-order valence-electron chi connectivity index (χ2n) is 6.90. The minimum Gasteiger partial charge on any atom is -0.375 e. The lowest BCUT2D eigenvalue weighted by Gasteiger charge is -2.35. The minimum atomic E-state index is -0.490. The highest BCUT2D eigenvalue weighted by atomic mass is 35.5. The Morgan fingerprint density at radius 1 is 1.25 bits per heavy atom. The predicted molar refractivity (Wildman–Crippen MR) is 108 cm³/mol. The Kier molecular flexibility index (Phi) is 6.16. The largest absolute Gasteiger partial charge is 0.375 e. The van der Waals surface area contributed by atoms with Gasteiger partial charge < -0.3 is 15.0 Å². The lowest BCUT2D eigenvalue weighted by atomic mass is 10.1. The molecule has 0 spiro atoms. The van der Waals surface area contributed by atoms with Gasteiger partial charge in [-0.15, -0.1) is 0 Å². The van der Waals surface area contributed by atoms with Crippen molar-refractivity contribution in [2.75, 3.05) is 18.4 Å². The van der Waals surface area contributed by atoms with Crippen molar-refractivity contribution < 1.29 is 14.5 Å². The molecule has 1 N–H and O–H groups in total. The first-order valence-electron chi connectivity index (χ1n) is 9.05. The molecule has 2 unspecified atom stereocenters. The number of amides is 1. The van der Waals surface area contributed by atoms with Gasteiger partial charge in [-0.05, 0) is 37.6 Å². The number of ether oxygens (including phenoxy) is 1. The molecule has 1 aliphatic rings. The van der Waals surface area contributed by atoms with Gasteiger partial charge in [0.25, 0.3) is 11.6 Å². The zero-order valence-electron chi connectivity index (χ0n) is 15.7. The van der Waals surface area contributed by atoms with Crippen LogP contribution in [0.3, 0.4) is 0 Å². The highest BCUT2D eigenvalue weighted by molar-refractivity contribution is 6.31. The summed E-state index contributed by atoms with van der Waals surface area (Å²) >= 11 is 6.13. The van der Waals surface area contributed by atoms with Gasteiger partial charge in [-0.3, -0.25) is 14.9 Å². The molecule has 28 heavy (non-hydrogen) atoms. The molecule has 2 aromatic rings. The van der Waals surface area contributed by atoms with Crippen LogP contribution in [-0.2, 0) is 11.3 Å². The third kappa shape index (κ3) is 4.61. The van der Waals surface area contributed by atoms with Crippen LogP contribution in [0.5, 0.6) is 0 Å². The number of hydrogen-bond acceptors (Lipinski definition) is 5. The maximum absolute atomic E-state index is 12.8. The molecule has 0 saturated carbocycles. The van der Waals surface area contributed by atoms with Crippen LogP contribution in [-0.4, -0.2) is 41.0 Å². The van der Waals surface area contributed by atoms with Crippen LogP contribution in [0.4, 0.5) is 11.4 Å². The molecular formula is C20H22ClN3O4. The summed E-state index contributed by atoms with van der Waals surface area (Å²) in [5.74, 6) is -0.234. The second-order valence-corrected chi connectivity index (χ2v) is 7.31. The van der Waals surface area contributed by atoms with Gasteiger partial charge in [0, 0.05) is 36.3 Å². The number of anilines is 1. The van der Waals surface area contributed by atoms with Crippen LogP contribution < -0.4 is 5.32 Å². The third-order valence-corrected chi connectivity index (χ3v) is 4.94. The summed E-state index contributed by atoms with van der Waals surface area (Å²) < 4.78 is 5.64. The molecule has 1 fully saturated rings. The standard InChI is InChI=1S/C20H22ClN3O4/c1-13-11-23(12-14(2)28-13)20(25)15-7-8-18(19(9-15)24(26)27)22-10-16-5-3-4-6-17(16)21/h3-9,13-14,22H,10-12H2,1-2H3. The maximum atomic E-state index is 12.8. The van der Waals surface area contributed by atoms with Gasteiger partial charge in [0.1, 0.15) is 5.69 Å². The van der Waals surface area contributed by atoms with Gasteiger partial charge in [0.05, 0.1) is 17.1 Å². The van der Waals surface area contributed by atoms with Crippen molar-refractivity contribution in [1.29, 1.82) is 0 Å². The lowest BCUT2D eigenvalue weighted by molar-refractivity contribution is -0.384. The van der Waals surface area contributed by atoms with Crippen LogP contribution in [0.2, 0.25) is 5.02 Å². The fourth-order valence-electron chi connectivity index (χ4n) is 3.32. The number of halogens is 1. The first-order valence-corrected chi connectivity index (χ1v) is 9.43. The number of nitrogens with zero attached hydrogens (tertiary/aromatic N) is 2. The van der Waals surface area contributed by atoms with Crippen LogP contribution >= 0.6 is 11.6 Å². The number of carbonyl (C=O) groups excluding carboxylic acids is 1. The molecule has 2 aromatic carbocycles. The third-order valence-electron chi connectivity index (χ3n) is 4.58. The molecule has 0 aromatic heterocycles. The van der Waals surface area contributed by atoms with E-state index in [1.807, 2.05) is 32.0 Å². The topological polar surface area (TPSA) is 84.7 Å². The number of benzene rings is 2. The number of nitro benzene ring substituents is 1. The summed E-state index contributed by atoms with van der Waals surface area (Å²) in [5, 5.41) is 15.2. The van der Waals surface area contributed by atoms with E-state index in [9.17, 15) is 14.9 Å². The zero-order chi connectivity index (χ0) is 20.3. The Labute approximate surface area is 168 Å². The van der Waals surface area contributed by atoms with Crippen molar-refractivity contribution in [2.24, 2.45) is 0 Å². The lowest BCUT2D eigenvalue weighted by Crippen LogP contribution is -2.48. The van der Waals surface area contributed by atoms with Gasteiger partial charge in [-0.2, -0.15) is 0 Å². The van der Waals surface area contributed by atoms with Crippen molar-refractivity contribution in [3.63, 3.8) is 0 Å². The van der Waals surface area contributed by atoms with E-state index in [-0.39, 0.29) is 29.4 Å². The molecule has 7 nitrogen and oxygen atoms in total. The number of rotatable bonds is 5. The monoisotopic (exact) mass is 403 g/mol. The number of carbonyl (C=O) groups is 1. The Balaban J connectivity index is 1.80. The minimum absolute atomic E-state index is 0.0701. The number of nitrogens with one attached hydrogen (secondary N) is 1. The van der Waals surface area contributed by atoms with E-state index in [2.05, 4.69) is 5.32 Å². The van der Waals surface area contributed by atoms with Crippen molar-refractivity contribution in [3.8, 4) is 0 Å². The highest BCUT2D eigenvalue weighted by Crippen LogP contribution is 2.28. The number of nitro groups is 1. The highest BCUT2D eigenvalue weighted by Gasteiger charge is 2.28. The van der Waals surface area contributed by atoms with Gasteiger partial charge in [-0.1, -0.05) is 29.8 Å². The maximum Gasteiger partial charge on any atom is 0.293 e. The second kappa shape index (κ2) is 8.58. The molecule has 8 heteroatoms. The molecule has 148 valence electrons. The van der Waals surface area contributed by atoms with Gasteiger partial charge >= 0.3 is 0 Å². The summed E-state index contributed by atoms with van der Waals surface area (Å²) in [6.45, 7) is 5.07. The summed E-state index contributed by atoms with van der Waals surface area (Å²) in [7, 11) is 0. The van der Waals surface area contributed by atoms with E-state index in [1.165, 1.54) is 6.07 Å². The molecule has 1 amide bonds. The summed E-state index contributed by atoms with van der Waals surface area (Å²) in [4.78, 5) is 25.5. The predicted octanol–water partition coefficient (Wildman–Crippen LogP) is 4.11. The smallest absolute Gasteiger partial charge is 0.293 e. The average molecular weight is 404 g/mol. The Bertz CT molecular complexity index is 880. The van der Waals surface area contributed by atoms with Crippen LogP contribution in [0.15, 0.2) is 42.5 Å². The van der Waals surface area contributed by atoms with E-state index in [0.29, 0.717) is 30.3 Å². The van der Waals surface area contributed by atoms with E-state index in [4.69, 9.17) is 16.3 Å². The summed E-state index contributed by atoms with van der Waals surface area (Å²) in [6, 6.07) is 11.8. The average Bonchev–Trinajstić information content (AvgIpc) is 2.66. The Hall–Kier alpha value is -2.64. The van der Waals surface area contributed by atoms with Gasteiger partial charge in [-0.25, -0.2) is 0 Å². The fourth-order valence-corrected chi connectivity index (χ4v) is 3.53. The van der Waals surface area contributed by atoms with E-state index < -0.39 is 4.92 Å². The van der Waals surface area contributed by atoms with Gasteiger partial charge in [0.15, 0.2) is 0 Å². The Morgan fingerprint density at radius 3 is 2.57 bits per heavy atom. The quantitative estimate of drug-likeness (QED) is 0.599. The number of morpholine rings is 1. The molecule has 0 radical (unpaired) electrons. The molecule has 1 aliphatic heterocycles. The number of hydrogen-bond donors (Lipinski definition) is 1. The molecular weight excluding hydrogens is 382 g/mol. The first kappa shape index (κ1) is 20.1. The zero-order valence-corrected chi connectivity index (χ0v) is 16.5. The first-order chi connectivity index (χ1) is 13.3.